The van der Waals surface area contributed by atoms with Gasteiger partial charge in [0, 0.05) is 30.8 Å². The standard InChI is InChI=1S/C16H17Cl3N2O4/c17-10-4-11(23)14(16(19)15(10)18)8-1-2-21-9(3-8)5-20(6-12(21)24)13(25)7-22/h4,8-9,22-23H,1-3,5-7H2/t8-,9+/m1/s1. The average molecular weight is 408 g/mol. The van der Waals surface area contributed by atoms with Crippen molar-refractivity contribution in [3.8, 4) is 5.75 Å². The van der Waals surface area contributed by atoms with Crippen LogP contribution in [0, 0.1) is 0 Å². The summed E-state index contributed by atoms with van der Waals surface area (Å²) in [5.74, 6) is -0.740. The Morgan fingerprint density at radius 2 is 2.00 bits per heavy atom. The number of halogens is 3. The van der Waals surface area contributed by atoms with Gasteiger partial charge in [0.2, 0.25) is 11.8 Å². The number of carbonyl (C=O) groups excluding carboxylic acids is 2. The molecule has 2 N–H and O–H groups in total. The normalized spacial score (nSPS) is 23.6. The van der Waals surface area contributed by atoms with Gasteiger partial charge < -0.3 is 20.0 Å². The molecule has 1 aromatic rings. The number of piperidine rings is 1. The van der Waals surface area contributed by atoms with E-state index in [4.69, 9.17) is 39.9 Å². The summed E-state index contributed by atoms with van der Waals surface area (Å²) in [7, 11) is 0. The molecular formula is C16H17Cl3N2O4. The van der Waals surface area contributed by atoms with Gasteiger partial charge in [-0.05, 0) is 18.8 Å². The van der Waals surface area contributed by atoms with Gasteiger partial charge in [0.05, 0.1) is 21.6 Å². The third-order valence-electron chi connectivity index (χ3n) is 4.87. The zero-order valence-electron chi connectivity index (χ0n) is 13.2. The summed E-state index contributed by atoms with van der Waals surface area (Å²) in [6.07, 6.45) is 1.16. The molecule has 2 amide bonds. The zero-order valence-corrected chi connectivity index (χ0v) is 15.5. The smallest absolute Gasteiger partial charge is 0.248 e. The van der Waals surface area contributed by atoms with Crippen molar-refractivity contribution in [1.29, 1.82) is 0 Å². The quantitative estimate of drug-likeness (QED) is 0.737. The minimum atomic E-state index is -0.622. The lowest BCUT2D eigenvalue weighted by Crippen LogP contribution is -2.60. The third-order valence-corrected chi connectivity index (χ3v) is 6.14. The Kier molecular flexibility index (Phi) is 5.34. The van der Waals surface area contributed by atoms with E-state index < -0.39 is 12.5 Å². The first-order valence-corrected chi connectivity index (χ1v) is 9.01. The minimum Gasteiger partial charge on any atom is -0.508 e. The lowest BCUT2D eigenvalue weighted by molar-refractivity contribution is -0.151. The van der Waals surface area contributed by atoms with Gasteiger partial charge in [0.15, 0.2) is 0 Å². The molecule has 2 saturated heterocycles. The van der Waals surface area contributed by atoms with Crippen molar-refractivity contribution in [3.63, 3.8) is 0 Å². The van der Waals surface area contributed by atoms with Gasteiger partial charge in [-0.2, -0.15) is 0 Å². The highest BCUT2D eigenvalue weighted by molar-refractivity contribution is 6.48. The summed E-state index contributed by atoms with van der Waals surface area (Å²) in [5, 5.41) is 19.9. The van der Waals surface area contributed by atoms with Crippen molar-refractivity contribution in [2.45, 2.75) is 24.8 Å². The van der Waals surface area contributed by atoms with Gasteiger partial charge in [0.1, 0.15) is 12.4 Å². The van der Waals surface area contributed by atoms with Gasteiger partial charge in [-0.15, -0.1) is 0 Å². The maximum atomic E-state index is 12.3. The van der Waals surface area contributed by atoms with Crippen LogP contribution >= 0.6 is 34.8 Å². The molecule has 0 saturated carbocycles. The number of piperazine rings is 1. The summed E-state index contributed by atoms with van der Waals surface area (Å²) >= 11 is 18.3. The molecule has 0 aliphatic carbocycles. The van der Waals surface area contributed by atoms with Gasteiger partial charge in [-0.3, -0.25) is 9.59 Å². The number of phenols is 1. The van der Waals surface area contributed by atoms with Crippen LogP contribution in [0.5, 0.6) is 5.75 Å². The maximum Gasteiger partial charge on any atom is 0.248 e. The summed E-state index contributed by atoms with van der Waals surface area (Å²) in [5.41, 5.74) is 0.522. The Hall–Kier alpha value is -1.21. The van der Waals surface area contributed by atoms with Gasteiger partial charge in [-0.25, -0.2) is 0 Å². The van der Waals surface area contributed by atoms with E-state index in [2.05, 4.69) is 0 Å². The fraction of sp³-hybridized carbons (Fsp3) is 0.500. The summed E-state index contributed by atoms with van der Waals surface area (Å²) in [6.45, 7) is 0.217. The molecule has 9 heteroatoms. The third kappa shape index (κ3) is 3.40. The van der Waals surface area contributed by atoms with E-state index in [1.807, 2.05) is 0 Å². The number of benzene rings is 1. The van der Waals surface area contributed by atoms with Crippen LogP contribution in [-0.2, 0) is 9.59 Å². The van der Waals surface area contributed by atoms with Crippen molar-refractivity contribution < 1.29 is 19.8 Å². The molecular weight excluding hydrogens is 391 g/mol. The Balaban J connectivity index is 1.86. The zero-order chi connectivity index (χ0) is 18.3. The molecule has 0 radical (unpaired) electrons. The number of aliphatic hydroxyl groups excluding tert-OH is 1. The van der Waals surface area contributed by atoms with Crippen molar-refractivity contribution in [2.24, 2.45) is 0 Å². The first-order chi connectivity index (χ1) is 11.8. The highest BCUT2D eigenvalue weighted by Crippen LogP contribution is 2.46. The molecule has 136 valence electrons. The van der Waals surface area contributed by atoms with Crippen LogP contribution in [0.1, 0.15) is 24.3 Å². The van der Waals surface area contributed by atoms with Crippen LogP contribution in [0.15, 0.2) is 6.07 Å². The molecule has 25 heavy (non-hydrogen) atoms. The van der Waals surface area contributed by atoms with E-state index in [9.17, 15) is 14.7 Å². The topological polar surface area (TPSA) is 81.1 Å². The summed E-state index contributed by atoms with van der Waals surface area (Å²) in [4.78, 5) is 27.1. The second-order valence-corrected chi connectivity index (χ2v) is 7.48. The molecule has 6 nitrogen and oxygen atoms in total. The predicted molar refractivity (Wildman–Crippen MR) is 94.3 cm³/mol. The molecule has 0 spiro atoms. The Morgan fingerprint density at radius 1 is 1.28 bits per heavy atom. The van der Waals surface area contributed by atoms with Crippen molar-refractivity contribution >= 4 is 46.6 Å². The number of rotatable bonds is 2. The van der Waals surface area contributed by atoms with Crippen LogP contribution in [0.25, 0.3) is 0 Å². The van der Waals surface area contributed by atoms with Gasteiger partial charge in [0.25, 0.3) is 0 Å². The van der Waals surface area contributed by atoms with Crippen LogP contribution < -0.4 is 0 Å². The highest BCUT2D eigenvalue weighted by Gasteiger charge is 2.40. The van der Waals surface area contributed by atoms with E-state index >= 15 is 0 Å². The second-order valence-electron chi connectivity index (χ2n) is 6.31. The van der Waals surface area contributed by atoms with E-state index in [-0.39, 0.29) is 45.2 Å². The lowest BCUT2D eigenvalue weighted by Gasteiger charge is -2.46. The molecule has 0 unspecified atom stereocenters. The number of aromatic hydroxyl groups is 1. The first-order valence-electron chi connectivity index (χ1n) is 7.88. The highest BCUT2D eigenvalue weighted by atomic mass is 35.5. The van der Waals surface area contributed by atoms with E-state index in [1.54, 1.807) is 4.90 Å². The van der Waals surface area contributed by atoms with E-state index in [0.717, 1.165) is 0 Å². The molecule has 3 rings (SSSR count). The monoisotopic (exact) mass is 406 g/mol. The summed E-state index contributed by atoms with van der Waals surface area (Å²) in [6, 6.07) is 1.17. The minimum absolute atomic E-state index is 0.0145. The predicted octanol–water partition coefficient (Wildman–Crippen LogP) is 2.26. The van der Waals surface area contributed by atoms with E-state index in [1.165, 1.54) is 11.0 Å². The number of aliphatic hydroxyl groups is 1. The molecule has 1 aromatic carbocycles. The number of phenolic OH excluding ortho intramolecular Hbond substituents is 1. The number of nitrogens with zero attached hydrogens (tertiary/aromatic N) is 2. The molecule has 2 aliphatic rings. The maximum absolute atomic E-state index is 12.3. The Bertz CT molecular complexity index is 728. The fourth-order valence-corrected chi connectivity index (χ4v) is 4.42. The largest absolute Gasteiger partial charge is 0.508 e. The van der Waals surface area contributed by atoms with Crippen LogP contribution in [-0.4, -0.2) is 64.1 Å². The number of fused-ring (bicyclic) bond motifs is 1. The lowest BCUT2D eigenvalue weighted by atomic mass is 9.83. The average Bonchev–Trinajstić information content (AvgIpc) is 2.58. The van der Waals surface area contributed by atoms with Crippen molar-refractivity contribution in [1.82, 2.24) is 9.80 Å². The second kappa shape index (κ2) is 7.19. The van der Waals surface area contributed by atoms with E-state index in [0.29, 0.717) is 31.5 Å². The SMILES string of the molecule is O=C(CO)N1CC(=O)N2CC[C@@H](c3c(O)cc(Cl)c(Cl)c3Cl)C[C@H]2C1. The number of carbonyl (C=O) groups is 2. The molecule has 2 heterocycles. The summed E-state index contributed by atoms with van der Waals surface area (Å²) < 4.78 is 0. The fourth-order valence-electron chi connectivity index (χ4n) is 3.66. The number of hydrogen-bond acceptors (Lipinski definition) is 4. The Labute approximate surface area is 159 Å². The van der Waals surface area contributed by atoms with Crippen molar-refractivity contribution in [2.75, 3.05) is 26.2 Å². The van der Waals surface area contributed by atoms with Crippen LogP contribution in [0.3, 0.4) is 0 Å². The molecule has 2 aliphatic heterocycles. The van der Waals surface area contributed by atoms with Gasteiger partial charge in [-0.1, -0.05) is 34.8 Å². The van der Waals surface area contributed by atoms with Gasteiger partial charge >= 0.3 is 0 Å². The van der Waals surface area contributed by atoms with Crippen LogP contribution in [0.2, 0.25) is 15.1 Å². The first kappa shape index (κ1) is 18.6. The van der Waals surface area contributed by atoms with Crippen LogP contribution in [0.4, 0.5) is 0 Å². The molecule has 2 fully saturated rings. The number of hydrogen-bond donors (Lipinski definition) is 2. The molecule has 0 bridgehead atoms. The molecule has 0 aromatic heterocycles. The Morgan fingerprint density at radius 3 is 2.68 bits per heavy atom. The number of amides is 2. The van der Waals surface area contributed by atoms with Crippen molar-refractivity contribution in [3.05, 3.63) is 26.7 Å². The molecule has 2 atom stereocenters.